The highest BCUT2D eigenvalue weighted by Crippen LogP contribution is 1.13. The Hall–Kier alpha value is -0.0800. The molecular formula is C4H10Cl2O2. The van der Waals surface area contributed by atoms with Gasteiger partial charge in [0.1, 0.15) is 12.6 Å². The van der Waals surface area contributed by atoms with E-state index in [-0.39, 0.29) is 24.8 Å². The van der Waals surface area contributed by atoms with Gasteiger partial charge < -0.3 is 9.59 Å². The Morgan fingerprint density at radius 1 is 0.875 bits per heavy atom. The Morgan fingerprint density at radius 3 is 0.875 bits per heavy atom. The van der Waals surface area contributed by atoms with Crippen molar-refractivity contribution < 1.29 is 9.59 Å². The number of carbonyl (C=O) groups is 2. The zero-order chi connectivity index (χ0) is 5.41. The second-order valence-electron chi connectivity index (χ2n) is 0.471. The average Bonchev–Trinajstić information content (AvgIpc) is 1.39. The lowest BCUT2D eigenvalue weighted by Crippen LogP contribution is -1.36. The van der Waals surface area contributed by atoms with E-state index in [2.05, 4.69) is 0 Å². The highest BCUT2D eigenvalue weighted by atomic mass is 35.5. The monoisotopic (exact) mass is 160 g/mol. The average molecular weight is 161 g/mol. The van der Waals surface area contributed by atoms with Crippen molar-refractivity contribution in [2.75, 3.05) is 0 Å². The quantitative estimate of drug-likeness (QED) is 0.501. The molecule has 52 valence electrons. The summed E-state index contributed by atoms with van der Waals surface area (Å²) < 4.78 is 0. The molecule has 8 heavy (non-hydrogen) atoms. The third-order valence-corrected chi connectivity index (χ3v) is 0. The molecule has 0 aliphatic heterocycles. The summed E-state index contributed by atoms with van der Waals surface area (Å²) in [4.78, 5) is 17.6. The van der Waals surface area contributed by atoms with E-state index in [1.165, 1.54) is 13.8 Å². The third kappa shape index (κ3) is 22400. The third-order valence-electron chi connectivity index (χ3n) is 0. The number of halogens is 2. The summed E-state index contributed by atoms with van der Waals surface area (Å²) in [5.41, 5.74) is 0. The van der Waals surface area contributed by atoms with Crippen LogP contribution in [0.4, 0.5) is 0 Å². The van der Waals surface area contributed by atoms with Gasteiger partial charge in [-0.3, -0.25) is 0 Å². The van der Waals surface area contributed by atoms with Crippen LogP contribution in [0.5, 0.6) is 0 Å². The largest absolute Gasteiger partial charge is 0.304 e. The maximum Gasteiger partial charge on any atom is 0.116 e. The van der Waals surface area contributed by atoms with E-state index in [4.69, 9.17) is 9.59 Å². The van der Waals surface area contributed by atoms with Crippen molar-refractivity contribution >= 4 is 37.4 Å². The van der Waals surface area contributed by atoms with Gasteiger partial charge in [0, 0.05) is 0 Å². The Labute approximate surface area is 61.5 Å². The number of hydrogen-bond donors (Lipinski definition) is 0. The van der Waals surface area contributed by atoms with Gasteiger partial charge in [-0.2, -0.15) is 0 Å². The minimum absolute atomic E-state index is 0. The molecule has 0 spiro atoms. The molecule has 0 amide bonds. The summed E-state index contributed by atoms with van der Waals surface area (Å²) in [6.45, 7) is 2.89. The van der Waals surface area contributed by atoms with Gasteiger partial charge in [0.15, 0.2) is 0 Å². The number of hydrogen-bond acceptors (Lipinski definition) is 2. The van der Waals surface area contributed by atoms with Crippen LogP contribution in [0, 0.1) is 0 Å². The van der Waals surface area contributed by atoms with Gasteiger partial charge >= 0.3 is 0 Å². The van der Waals surface area contributed by atoms with Crippen LogP contribution in [0.1, 0.15) is 13.8 Å². The van der Waals surface area contributed by atoms with Gasteiger partial charge in [-0.15, -0.1) is 24.8 Å². The van der Waals surface area contributed by atoms with Gasteiger partial charge in [0.05, 0.1) is 0 Å². The second-order valence-corrected chi connectivity index (χ2v) is 0.471. The molecule has 0 fully saturated rings. The van der Waals surface area contributed by atoms with Crippen LogP contribution in [0.2, 0.25) is 0 Å². The van der Waals surface area contributed by atoms with Gasteiger partial charge in [-0.05, 0) is 13.8 Å². The Balaban J connectivity index is -0.0000000160. The van der Waals surface area contributed by atoms with Gasteiger partial charge in [0.25, 0.3) is 0 Å². The minimum Gasteiger partial charge on any atom is -0.304 e. The van der Waals surface area contributed by atoms with Crippen LogP contribution in [-0.4, -0.2) is 12.6 Å². The van der Waals surface area contributed by atoms with Crippen molar-refractivity contribution in [2.24, 2.45) is 0 Å². The molecule has 0 atom stereocenters. The molecule has 2 nitrogen and oxygen atoms in total. The molecule has 4 heteroatoms. The molecule has 0 aromatic carbocycles. The van der Waals surface area contributed by atoms with Crippen molar-refractivity contribution in [1.82, 2.24) is 0 Å². The predicted molar refractivity (Wildman–Crippen MR) is 38.0 cm³/mol. The summed E-state index contributed by atoms with van der Waals surface area (Å²) in [6, 6.07) is 0. The molecule has 0 aromatic heterocycles. The van der Waals surface area contributed by atoms with Crippen LogP contribution in [0.15, 0.2) is 0 Å². The first kappa shape index (κ1) is 24.7. The van der Waals surface area contributed by atoms with Gasteiger partial charge in [-0.1, -0.05) is 0 Å². The van der Waals surface area contributed by atoms with Crippen molar-refractivity contribution in [1.29, 1.82) is 0 Å². The van der Waals surface area contributed by atoms with Gasteiger partial charge in [0.2, 0.25) is 0 Å². The summed E-state index contributed by atoms with van der Waals surface area (Å²) in [5, 5.41) is 0. The van der Waals surface area contributed by atoms with E-state index in [0.29, 0.717) is 0 Å². The van der Waals surface area contributed by atoms with Crippen LogP contribution >= 0.6 is 24.8 Å². The lowest BCUT2D eigenvalue weighted by Gasteiger charge is -1.24. The molecule has 0 aromatic rings. The molecule has 0 heterocycles. The number of rotatable bonds is 0. The topological polar surface area (TPSA) is 34.1 Å². The number of carbonyl (C=O) groups excluding carboxylic acids is 2. The predicted octanol–water partition coefficient (Wildman–Crippen LogP) is 1.25. The Morgan fingerprint density at radius 2 is 0.875 bits per heavy atom. The summed E-state index contributed by atoms with van der Waals surface area (Å²) in [5.74, 6) is 0. The van der Waals surface area contributed by atoms with Crippen molar-refractivity contribution in [3.63, 3.8) is 0 Å². The van der Waals surface area contributed by atoms with E-state index in [9.17, 15) is 0 Å². The van der Waals surface area contributed by atoms with Crippen molar-refractivity contribution in [3.05, 3.63) is 0 Å². The van der Waals surface area contributed by atoms with E-state index in [0.717, 1.165) is 12.6 Å². The smallest absolute Gasteiger partial charge is 0.116 e. The lowest BCUT2D eigenvalue weighted by molar-refractivity contribution is -0.106. The summed E-state index contributed by atoms with van der Waals surface area (Å²) in [6.07, 6.45) is 1.50. The van der Waals surface area contributed by atoms with Gasteiger partial charge in [-0.25, -0.2) is 0 Å². The molecule has 0 N–H and O–H groups in total. The van der Waals surface area contributed by atoms with E-state index >= 15 is 0 Å². The second kappa shape index (κ2) is 65.8. The minimum atomic E-state index is 0. The van der Waals surface area contributed by atoms with E-state index in [1.807, 2.05) is 0 Å². The SMILES string of the molecule is CC=O.CC=O.Cl.Cl. The fraction of sp³-hybridized carbons (Fsp3) is 0.500. The first-order valence-electron chi connectivity index (χ1n) is 1.63. The van der Waals surface area contributed by atoms with E-state index in [1.54, 1.807) is 0 Å². The van der Waals surface area contributed by atoms with Crippen LogP contribution in [0.25, 0.3) is 0 Å². The standard InChI is InChI=1S/2C2H4O.2ClH/c2*1-2-3;;/h2*2H,1H3;2*1H. The first-order chi connectivity index (χ1) is 2.83. The molecule has 0 radical (unpaired) electrons. The summed E-state index contributed by atoms with van der Waals surface area (Å²) in [7, 11) is 0. The summed E-state index contributed by atoms with van der Waals surface area (Å²) >= 11 is 0. The van der Waals surface area contributed by atoms with Crippen molar-refractivity contribution in [2.45, 2.75) is 13.8 Å². The highest BCUT2D eigenvalue weighted by Gasteiger charge is 1.24. The first-order valence-corrected chi connectivity index (χ1v) is 1.63. The van der Waals surface area contributed by atoms with Crippen LogP contribution in [0.3, 0.4) is 0 Å². The van der Waals surface area contributed by atoms with E-state index < -0.39 is 0 Å². The molecule has 0 saturated heterocycles. The van der Waals surface area contributed by atoms with Crippen molar-refractivity contribution in [3.8, 4) is 0 Å². The zero-order valence-corrected chi connectivity index (χ0v) is 6.42. The molecule has 0 saturated carbocycles. The zero-order valence-electron chi connectivity index (χ0n) is 4.79. The Bertz CT molecular complexity index is 33.0. The maximum absolute atomic E-state index is 8.81. The fourth-order valence-corrected chi connectivity index (χ4v) is 0. The molecule has 0 unspecified atom stereocenters. The molecule has 0 bridgehead atoms. The normalized spacial score (nSPS) is 3.25. The molecule has 0 aliphatic carbocycles. The van der Waals surface area contributed by atoms with Crippen LogP contribution in [-0.2, 0) is 9.59 Å². The van der Waals surface area contributed by atoms with Crippen LogP contribution < -0.4 is 0 Å². The number of aldehydes is 2. The lowest BCUT2D eigenvalue weighted by atomic mass is 11.0. The molecule has 0 aliphatic rings. The maximum atomic E-state index is 8.81. The molecular weight excluding hydrogens is 151 g/mol. The highest BCUT2D eigenvalue weighted by molar-refractivity contribution is 5.85. The Kier molecular flexibility index (Phi) is 203. The fourth-order valence-electron chi connectivity index (χ4n) is 0. The molecule has 0 rings (SSSR count).